The first-order valence-electron chi connectivity index (χ1n) is 9.13. The summed E-state index contributed by atoms with van der Waals surface area (Å²) in [7, 11) is 1.92. The van der Waals surface area contributed by atoms with E-state index in [2.05, 4.69) is 53.6 Å². The van der Waals surface area contributed by atoms with E-state index in [0.717, 1.165) is 29.1 Å². The Morgan fingerprint density at radius 1 is 0.963 bits per heavy atom. The van der Waals surface area contributed by atoms with Crippen molar-refractivity contribution in [1.29, 1.82) is 0 Å². The zero-order valence-electron chi connectivity index (χ0n) is 15.7. The monoisotopic (exact) mass is 377 g/mol. The van der Waals surface area contributed by atoms with Crippen LogP contribution in [0, 0.1) is 0 Å². The number of nitrogens with zero attached hydrogens (tertiary/aromatic N) is 2. The molecular weight excluding hydrogens is 354 g/mol. The Morgan fingerprint density at radius 3 is 2.26 bits per heavy atom. The fourth-order valence-electron chi connectivity index (χ4n) is 2.97. The maximum Gasteiger partial charge on any atom is 0.0700 e. The highest BCUT2D eigenvalue weighted by molar-refractivity contribution is 6.31. The smallest absolute Gasteiger partial charge is 0.0700 e. The number of hydrazone groups is 1. The molecule has 1 N–H and O–H groups in total. The number of halogens is 1. The van der Waals surface area contributed by atoms with Crippen LogP contribution in [-0.4, -0.2) is 12.8 Å². The summed E-state index contributed by atoms with van der Waals surface area (Å²) in [5.41, 5.74) is 5.30. The van der Waals surface area contributed by atoms with Crippen molar-refractivity contribution >= 4 is 28.7 Å². The van der Waals surface area contributed by atoms with Crippen LogP contribution in [0.25, 0.3) is 0 Å². The summed E-state index contributed by atoms with van der Waals surface area (Å²) in [6.07, 6.45) is 0.799. The Hall–Kier alpha value is -2.78. The first-order valence-corrected chi connectivity index (χ1v) is 9.50. The van der Waals surface area contributed by atoms with Crippen LogP contribution in [0.2, 0.25) is 5.02 Å². The molecule has 4 heteroatoms. The van der Waals surface area contributed by atoms with E-state index in [-0.39, 0.29) is 0 Å². The van der Waals surface area contributed by atoms with E-state index >= 15 is 0 Å². The largest absolute Gasteiger partial charge is 0.388 e. The van der Waals surface area contributed by atoms with Crippen LogP contribution in [0.15, 0.2) is 84.0 Å². The molecule has 27 heavy (non-hydrogen) atoms. The molecule has 3 aromatic rings. The van der Waals surface area contributed by atoms with Gasteiger partial charge in [-0.1, -0.05) is 67.1 Å². The van der Waals surface area contributed by atoms with E-state index in [1.54, 1.807) is 0 Å². The Bertz CT molecular complexity index is 892. The van der Waals surface area contributed by atoms with E-state index in [0.29, 0.717) is 11.6 Å². The second kappa shape index (κ2) is 9.24. The first kappa shape index (κ1) is 19.0. The number of rotatable bonds is 7. The number of hydrogen-bond donors (Lipinski definition) is 1. The van der Waals surface area contributed by atoms with Gasteiger partial charge in [0.25, 0.3) is 0 Å². The van der Waals surface area contributed by atoms with Crippen LogP contribution < -0.4 is 10.3 Å². The standard InChI is InChI=1S/C23H24ClN3/c1-3-22(21-16-19(24)14-15-23(21)25-2)26-27(20-12-8-5-9-13-20)17-18-10-6-4-7-11-18/h4-16,25H,3,17H2,1-2H3/b26-22+. The van der Waals surface area contributed by atoms with Crippen LogP contribution in [-0.2, 0) is 6.54 Å². The van der Waals surface area contributed by atoms with Crippen molar-refractivity contribution in [3.8, 4) is 0 Å². The van der Waals surface area contributed by atoms with Crippen molar-refractivity contribution in [1.82, 2.24) is 0 Å². The quantitative estimate of drug-likeness (QED) is 0.392. The van der Waals surface area contributed by atoms with E-state index in [1.807, 2.05) is 49.5 Å². The van der Waals surface area contributed by atoms with Gasteiger partial charge in [0, 0.05) is 23.3 Å². The van der Waals surface area contributed by atoms with Crippen LogP contribution in [0.5, 0.6) is 0 Å². The predicted molar refractivity (Wildman–Crippen MR) is 117 cm³/mol. The lowest BCUT2D eigenvalue weighted by molar-refractivity contribution is 0.850. The molecule has 3 aromatic carbocycles. The van der Waals surface area contributed by atoms with Crippen LogP contribution in [0.4, 0.5) is 11.4 Å². The SMILES string of the molecule is CC/C(=N\N(Cc1ccccc1)c1ccccc1)c1cc(Cl)ccc1NC. The lowest BCUT2D eigenvalue weighted by atomic mass is 10.1. The number of para-hydroxylation sites is 1. The summed E-state index contributed by atoms with van der Waals surface area (Å²) in [6.45, 7) is 2.81. The van der Waals surface area contributed by atoms with E-state index in [1.165, 1.54) is 5.56 Å². The number of benzene rings is 3. The van der Waals surface area contributed by atoms with Gasteiger partial charge in [0.05, 0.1) is 17.9 Å². The van der Waals surface area contributed by atoms with Gasteiger partial charge >= 0.3 is 0 Å². The van der Waals surface area contributed by atoms with Crippen molar-refractivity contribution in [2.24, 2.45) is 5.10 Å². The van der Waals surface area contributed by atoms with Gasteiger partial charge in [-0.05, 0) is 42.3 Å². The average Bonchev–Trinajstić information content (AvgIpc) is 2.72. The maximum absolute atomic E-state index is 6.26. The zero-order valence-corrected chi connectivity index (χ0v) is 16.4. The molecule has 0 fully saturated rings. The molecule has 0 unspecified atom stereocenters. The van der Waals surface area contributed by atoms with Gasteiger partial charge in [-0.25, -0.2) is 0 Å². The molecule has 0 atom stereocenters. The summed E-state index contributed by atoms with van der Waals surface area (Å²) in [5, 5.41) is 11.0. The highest BCUT2D eigenvalue weighted by atomic mass is 35.5. The summed E-state index contributed by atoms with van der Waals surface area (Å²) < 4.78 is 0. The van der Waals surface area contributed by atoms with E-state index < -0.39 is 0 Å². The normalized spacial score (nSPS) is 11.3. The average molecular weight is 378 g/mol. The topological polar surface area (TPSA) is 27.6 Å². The molecular formula is C23H24ClN3. The lowest BCUT2D eigenvalue weighted by Gasteiger charge is -2.22. The Labute approximate surface area is 166 Å². The minimum Gasteiger partial charge on any atom is -0.388 e. The second-order valence-corrected chi connectivity index (χ2v) is 6.66. The van der Waals surface area contributed by atoms with Gasteiger partial charge in [0.15, 0.2) is 0 Å². The predicted octanol–water partition coefficient (Wildman–Crippen LogP) is 6.20. The third-order valence-electron chi connectivity index (χ3n) is 4.37. The van der Waals surface area contributed by atoms with Gasteiger partial charge in [0.2, 0.25) is 0 Å². The molecule has 0 amide bonds. The van der Waals surface area contributed by atoms with Gasteiger partial charge < -0.3 is 5.32 Å². The van der Waals surface area contributed by atoms with Crippen molar-refractivity contribution < 1.29 is 0 Å². The first-order chi connectivity index (χ1) is 13.2. The molecule has 0 aliphatic carbocycles. The highest BCUT2D eigenvalue weighted by Gasteiger charge is 2.12. The van der Waals surface area contributed by atoms with Gasteiger partial charge in [-0.3, -0.25) is 5.01 Å². The van der Waals surface area contributed by atoms with E-state index in [9.17, 15) is 0 Å². The molecule has 3 nitrogen and oxygen atoms in total. The van der Waals surface area contributed by atoms with Crippen molar-refractivity contribution in [2.45, 2.75) is 19.9 Å². The van der Waals surface area contributed by atoms with Crippen molar-refractivity contribution in [3.05, 3.63) is 95.0 Å². The minimum atomic E-state index is 0.698. The Balaban J connectivity index is 2.04. The van der Waals surface area contributed by atoms with Crippen LogP contribution in [0.3, 0.4) is 0 Å². The molecule has 0 aromatic heterocycles. The molecule has 3 rings (SSSR count). The zero-order chi connectivity index (χ0) is 19.1. The molecule has 0 saturated heterocycles. The van der Waals surface area contributed by atoms with Gasteiger partial charge in [-0.15, -0.1) is 0 Å². The van der Waals surface area contributed by atoms with Crippen LogP contribution in [0.1, 0.15) is 24.5 Å². The van der Waals surface area contributed by atoms with Gasteiger partial charge in [0.1, 0.15) is 0 Å². The fraction of sp³-hybridized carbons (Fsp3) is 0.174. The van der Waals surface area contributed by atoms with Crippen molar-refractivity contribution in [3.63, 3.8) is 0 Å². The molecule has 0 saturated carbocycles. The van der Waals surface area contributed by atoms with E-state index in [4.69, 9.17) is 16.7 Å². The molecule has 138 valence electrons. The number of anilines is 2. The summed E-state index contributed by atoms with van der Waals surface area (Å²) in [6, 6.07) is 26.5. The lowest BCUT2D eigenvalue weighted by Crippen LogP contribution is -2.19. The molecule has 0 aliphatic rings. The molecule has 0 heterocycles. The van der Waals surface area contributed by atoms with Crippen LogP contribution >= 0.6 is 11.6 Å². The Kier molecular flexibility index (Phi) is 6.50. The van der Waals surface area contributed by atoms with Gasteiger partial charge in [-0.2, -0.15) is 5.10 Å². The molecule has 0 aliphatic heterocycles. The third-order valence-corrected chi connectivity index (χ3v) is 4.60. The molecule has 0 spiro atoms. The number of hydrogen-bond acceptors (Lipinski definition) is 3. The summed E-state index contributed by atoms with van der Waals surface area (Å²) >= 11 is 6.26. The molecule has 0 radical (unpaired) electrons. The minimum absolute atomic E-state index is 0.698. The van der Waals surface area contributed by atoms with Crippen molar-refractivity contribution in [2.75, 3.05) is 17.4 Å². The fourth-order valence-corrected chi connectivity index (χ4v) is 3.15. The maximum atomic E-state index is 6.26. The molecule has 0 bridgehead atoms. The summed E-state index contributed by atoms with van der Waals surface area (Å²) in [5.74, 6) is 0. The summed E-state index contributed by atoms with van der Waals surface area (Å²) in [4.78, 5) is 0. The Morgan fingerprint density at radius 2 is 1.63 bits per heavy atom. The second-order valence-electron chi connectivity index (χ2n) is 6.22. The number of nitrogens with one attached hydrogen (secondary N) is 1. The highest BCUT2D eigenvalue weighted by Crippen LogP contribution is 2.24. The third kappa shape index (κ3) is 4.89.